The van der Waals surface area contributed by atoms with Crippen molar-refractivity contribution < 1.29 is 0 Å². The lowest BCUT2D eigenvalue weighted by atomic mass is 9.90. The van der Waals surface area contributed by atoms with Gasteiger partial charge in [0.2, 0.25) is 0 Å². The topological polar surface area (TPSA) is 62.5 Å². The number of hydrogen-bond acceptors (Lipinski definition) is 4. The van der Waals surface area contributed by atoms with E-state index in [-0.39, 0.29) is 0 Å². The molecule has 1 heterocycles. The summed E-state index contributed by atoms with van der Waals surface area (Å²) in [6.07, 6.45) is 0. The van der Waals surface area contributed by atoms with Crippen LogP contribution < -0.4 is 0 Å². The highest BCUT2D eigenvalue weighted by molar-refractivity contribution is 6.22. The first-order valence-electron chi connectivity index (χ1n) is 18.0. The van der Waals surface area contributed by atoms with Gasteiger partial charge in [-0.3, -0.25) is 0 Å². The van der Waals surface area contributed by atoms with Gasteiger partial charge in [-0.15, -0.1) is 0 Å². The van der Waals surface area contributed by atoms with Gasteiger partial charge in [0.15, 0.2) is 17.5 Å². The van der Waals surface area contributed by atoms with Crippen LogP contribution in [0.4, 0.5) is 0 Å². The minimum atomic E-state index is 0.601. The zero-order chi connectivity index (χ0) is 36.0. The Morgan fingerprint density at radius 2 is 0.648 bits per heavy atom. The van der Waals surface area contributed by atoms with E-state index in [1.807, 2.05) is 36.4 Å². The summed E-state index contributed by atoms with van der Waals surface area (Å²) in [5.74, 6) is 1.81. The minimum absolute atomic E-state index is 0.601. The van der Waals surface area contributed by atoms with Gasteiger partial charge in [-0.2, -0.15) is 5.26 Å². The average Bonchev–Trinajstić information content (AvgIpc) is 3.59. The Kier molecular flexibility index (Phi) is 7.49. The predicted octanol–water partition coefficient (Wildman–Crippen LogP) is 12.5. The van der Waals surface area contributed by atoms with Crippen molar-refractivity contribution in [2.45, 2.75) is 0 Å². The molecular formula is C50H30N4. The van der Waals surface area contributed by atoms with Gasteiger partial charge in [-0.25, -0.2) is 15.0 Å². The SMILES string of the molecule is N#Cc1ccc(-c2ccc3c4c(ccc(-c5nc(-c6ccc(-c7ccccc7)cc6)nc(-c6ccc(-c7ccccc7)cc6)n5)c24)-c2ccccc2-3)cc1. The Labute approximate surface area is 313 Å². The summed E-state index contributed by atoms with van der Waals surface area (Å²) in [6.45, 7) is 0. The molecule has 1 aliphatic carbocycles. The molecule has 0 aliphatic heterocycles. The Hall–Kier alpha value is -7.48. The number of nitrogens with zero attached hydrogens (tertiary/aromatic N) is 4. The molecule has 0 saturated heterocycles. The van der Waals surface area contributed by atoms with Crippen molar-refractivity contribution in [3.63, 3.8) is 0 Å². The van der Waals surface area contributed by atoms with E-state index >= 15 is 0 Å². The molecule has 250 valence electrons. The van der Waals surface area contributed by atoms with Crippen molar-refractivity contribution in [1.29, 1.82) is 5.26 Å². The van der Waals surface area contributed by atoms with Gasteiger partial charge in [0.1, 0.15) is 0 Å². The van der Waals surface area contributed by atoms with Crippen molar-refractivity contribution in [3.8, 4) is 95.9 Å². The van der Waals surface area contributed by atoms with Crippen LogP contribution in [0.25, 0.3) is 101 Å². The smallest absolute Gasteiger partial charge is 0.164 e. The highest BCUT2D eigenvalue weighted by atomic mass is 15.0. The van der Waals surface area contributed by atoms with Gasteiger partial charge in [-0.1, -0.05) is 164 Å². The monoisotopic (exact) mass is 686 g/mol. The van der Waals surface area contributed by atoms with Gasteiger partial charge in [-0.05, 0) is 79.2 Å². The first-order valence-corrected chi connectivity index (χ1v) is 18.0. The van der Waals surface area contributed by atoms with E-state index < -0.39 is 0 Å². The quantitative estimate of drug-likeness (QED) is 0.175. The van der Waals surface area contributed by atoms with Crippen LogP contribution >= 0.6 is 0 Å². The highest BCUT2D eigenvalue weighted by Crippen LogP contribution is 2.51. The lowest BCUT2D eigenvalue weighted by Crippen LogP contribution is -2.01. The first-order chi connectivity index (χ1) is 26.7. The molecule has 1 aromatic heterocycles. The number of nitriles is 1. The van der Waals surface area contributed by atoms with Crippen LogP contribution in [0.1, 0.15) is 5.56 Å². The Morgan fingerprint density at radius 3 is 1.15 bits per heavy atom. The number of fused-ring (bicyclic) bond motifs is 3. The summed E-state index contributed by atoms with van der Waals surface area (Å²) in [5.41, 5.74) is 14.8. The van der Waals surface area contributed by atoms with Gasteiger partial charge >= 0.3 is 0 Å². The summed E-state index contributed by atoms with van der Waals surface area (Å²) >= 11 is 0. The molecule has 0 atom stereocenters. The number of benzene rings is 8. The molecule has 0 saturated carbocycles. The predicted molar refractivity (Wildman–Crippen MR) is 219 cm³/mol. The fourth-order valence-corrected chi connectivity index (χ4v) is 7.69. The second kappa shape index (κ2) is 12.9. The van der Waals surface area contributed by atoms with Crippen LogP contribution in [-0.4, -0.2) is 15.0 Å². The average molecular weight is 687 g/mol. The summed E-state index contributed by atoms with van der Waals surface area (Å²) in [5, 5.41) is 11.8. The molecule has 4 heteroatoms. The summed E-state index contributed by atoms with van der Waals surface area (Å²) in [7, 11) is 0. The second-order valence-electron chi connectivity index (χ2n) is 13.5. The molecule has 0 fully saturated rings. The fraction of sp³-hybridized carbons (Fsp3) is 0. The molecule has 1 aliphatic rings. The maximum absolute atomic E-state index is 9.56. The highest BCUT2D eigenvalue weighted by Gasteiger charge is 2.26. The Balaban J connectivity index is 1.20. The van der Waals surface area contributed by atoms with Gasteiger partial charge in [0, 0.05) is 22.1 Å². The maximum atomic E-state index is 9.56. The van der Waals surface area contributed by atoms with Crippen molar-refractivity contribution in [2.75, 3.05) is 0 Å². The number of rotatable bonds is 6. The maximum Gasteiger partial charge on any atom is 0.164 e. The van der Waals surface area contributed by atoms with E-state index in [9.17, 15) is 5.26 Å². The van der Waals surface area contributed by atoms with Crippen molar-refractivity contribution in [1.82, 2.24) is 15.0 Å². The van der Waals surface area contributed by atoms with Gasteiger partial charge < -0.3 is 0 Å². The summed E-state index contributed by atoms with van der Waals surface area (Å²) < 4.78 is 0. The summed E-state index contributed by atoms with van der Waals surface area (Å²) in [6, 6.07) is 65.1. The largest absolute Gasteiger partial charge is 0.208 e. The van der Waals surface area contributed by atoms with Crippen LogP contribution in [0.2, 0.25) is 0 Å². The zero-order valence-electron chi connectivity index (χ0n) is 29.1. The molecule has 0 unspecified atom stereocenters. The van der Waals surface area contributed by atoms with E-state index in [0.717, 1.165) is 55.5 Å². The van der Waals surface area contributed by atoms with Crippen molar-refractivity contribution in [2.24, 2.45) is 0 Å². The minimum Gasteiger partial charge on any atom is -0.208 e. The van der Waals surface area contributed by atoms with Crippen molar-refractivity contribution >= 4 is 10.8 Å². The molecule has 0 radical (unpaired) electrons. The molecule has 0 bridgehead atoms. The number of hydrogen-bond donors (Lipinski definition) is 0. The van der Waals surface area contributed by atoms with E-state index in [1.54, 1.807) is 0 Å². The number of aromatic nitrogens is 3. The standard InChI is InChI=1S/C50H30N4/c51-31-32-15-17-37(18-16-32)40-27-28-43-41-13-7-8-14-42(41)44-29-30-45(46(40)47(43)44)50-53-48(38-23-19-35(20-24-38)33-9-3-1-4-10-33)52-49(54-50)39-25-21-36(22-26-39)34-11-5-2-6-12-34/h1-30H. The zero-order valence-corrected chi connectivity index (χ0v) is 29.1. The Bertz CT molecular complexity index is 2760. The van der Waals surface area contributed by atoms with E-state index in [1.165, 1.54) is 27.6 Å². The normalized spacial score (nSPS) is 11.3. The Morgan fingerprint density at radius 1 is 0.278 bits per heavy atom. The molecule has 0 N–H and O–H groups in total. The fourth-order valence-electron chi connectivity index (χ4n) is 7.69. The van der Waals surface area contributed by atoms with E-state index in [2.05, 4.69) is 152 Å². The summed E-state index contributed by atoms with van der Waals surface area (Å²) in [4.78, 5) is 15.6. The third-order valence-electron chi connectivity index (χ3n) is 10.4. The molecule has 54 heavy (non-hydrogen) atoms. The van der Waals surface area contributed by atoms with Gasteiger partial charge in [0.25, 0.3) is 0 Å². The molecule has 0 amide bonds. The molecule has 8 aromatic carbocycles. The lowest BCUT2D eigenvalue weighted by Gasteiger charge is -2.15. The second-order valence-corrected chi connectivity index (χ2v) is 13.5. The van der Waals surface area contributed by atoms with Crippen LogP contribution in [-0.2, 0) is 0 Å². The van der Waals surface area contributed by atoms with E-state index in [4.69, 9.17) is 15.0 Å². The molecular weight excluding hydrogens is 657 g/mol. The molecule has 9 aromatic rings. The molecule has 10 rings (SSSR count). The molecule has 4 nitrogen and oxygen atoms in total. The lowest BCUT2D eigenvalue weighted by molar-refractivity contribution is 1.08. The van der Waals surface area contributed by atoms with Gasteiger partial charge in [0.05, 0.1) is 11.6 Å². The third kappa shape index (κ3) is 5.35. The third-order valence-corrected chi connectivity index (χ3v) is 10.4. The van der Waals surface area contributed by atoms with E-state index in [0.29, 0.717) is 23.0 Å². The van der Waals surface area contributed by atoms with Crippen LogP contribution in [0.15, 0.2) is 182 Å². The molecule has 0 spiro atoms. The van der Waals surface area contributed by atoms with Crippen LogP contribution in [0.5, 0.6) is 0 Å². The van der Waals surface area contributed by atoms with Crippen LogP contribution in [0.3, 0.4) is 0 Å². The first kappa shape index (κ1) is 31.3. The van der Waals surface area contributed by atoms with Crippen molar-refractivity contribution in [3.05, 3.63) is 188 Å². The van der Waals surface area contributed by atoms with Crippen LogP contribution in [0, 0.1) is 11.3 Å².